The standard InChI is InChI=1S/C41H30N3O.Pt/c1-41(2,37-23-20-29-16-11-19-36(45)39(29)43-37)30-21-22-33-32-17-9-10-18-34(32)44(35(33)26-30)40-38(28-14-7-4-8-15-28)31(24-25-42-40)27-12-5-3-6-13-27;/h3-25,45H,1-2H3;/q-1;. The summed E-state index contributed by atoms with van der Waals surface area (Å²) in [4.78, 5) is 10.0. The quantitative estimate of drug-likeness (QED) is 0.177. The zero-order valence-corrected chi connectivity index (χ0v) is 27.7. The first-order valence-corrected chi connectivity index (χ1v) is 15.2. The zero-order valence-electron chi connectivity index (χ0n) is 25.4. The number of phenolic OH excluding ortho intramolecular Hbond substituents is 1. The van der Waals surface area contributed by atoms with Crippen LogP contribution in [0.2, 0.25) is 0 Å². The molecule has 0 spiro atoms. The molecule has 0 amide bonds. The van der Waals surface area contributed by atoms with Crippen molar-refractivity contribution in [2.45, 2.75) is 19.3 Å². The van der Waals surface area contributed by atoms with E-state index in [4.69, 9.17) is 9.97 Å². The number of hydrogen-bond acceptors (Lipinski definition) is 3. The summed E-state index contributed by atoms with van der Waals surface area (Å²) in [5.41, 5.74) is 8.43. The van der Waals surface area contributed by atoms with Gasteiger partial charge in [-0.15, -0.1) is 10.9 Å². The molecular formula is C41H30N3OPt-. The molecule has 0 atom stereocenters. The second kappa shape index (κ2) is 11.7. The van der Waals surface area contributed by atoms with Gasteiger partial charge in [-0.1, -0.05) is 116 Å². The van der Waals surface area contributed by atoms with Crippen LogP contribution in [0.5, 0.6) is 5.75 Å². The van der Waals surface area contributed by atoms with Crippen molar-refractivity contribution < 1.29 is 26.2 Å². The molecule has 5 heteroatoms. The van der Waals surface area contributed by atoms with Crippen molar-refractivity contribution in [2.24, 2.45) is 0 Å². The number of benzene rings is 5. The topological polar surface area (TPSA) is 50.9 Å². The average Bonchev–Trinajstić information content (AvgIpc) is 3.42. The normalized spacial score (nSPS) is 11.6. The Bertz CT molecular complexity index is 2360. The molecule has 46 heavy (non-hydrogen) atoms. The van der Waals surface area contributed by atoms with Gasteiger partial charge in [0.05, 0.1) is 0 Å². The summed E-state index contributed by atoms with van der Waals surface area (Å²) >= 11 is 0. The molecule has 3 aromatic heterocycles. The molecule has 0 unspecified atom stereocenters. The predicted octanol–water partition coefficient (Wildman–Crippen LogP) is 9.89. The number of fused-ring (bicyclic) bond motifs is 4. The fourth-order valence-electron chi connectivity index (χ4n) is 6.46. The smallest absolute Gasteiger partial charge is 0.144 e. The summed E-state index contributed by atoms with van der Waals surface area (Å²) in [6.07, 6.45) is 1.91. The van der Waals surface area contributed by atoms with Gasteiger partial charge in [-0.3, -0.25) is 0 Å². The van der Waals surface area contributed by atoms with E-state index in [-0.39, 0.29) is 26.8 Å². The number of para-hydroxylation sites is 2. The van der Waals surface area contributed by atoms with E-state index in [2.05, 4.69) is 115 Å². The molecule has 0 aliphatic rings. The van der Waals surface area contributed by atoms with E-state index in [0.29, 0.717) is 5.52 Å². The van der Waals surface area contributed by atoms with Gasteiger partial charge >= 0.3 is 0 Å². The van der Waals surface area contributed by atoms with Gasteiger partial charge in [-0.05, 0) is 46.3 Å². The second-order valence-electron chi connectivity index (χ2n) is 11.9. The van der Waals surface area contributed by atoms with Gasteiger partial charge in [0.1, 0.15) is 17.1 Å². The molecule has 0 radical (unpaired) electrons. The number of rotatable bonds is 5. The summed E-state index contributed by atoms with van der Waals surface area (Å²) in [5.74, 6) is 1.04. The molecule has 3 heterocycles. The average molecular weight is 776 g/mol. The van der Waals surface area contributed by atoms with E-state index in [1.165, 1.54) is 0 Å². The Morgan fingerprint density at radius 1 is 0.674 bits per heavy atom. The first-order chi connectivity index (χ1) is 22.0. The summed E-state index contributed by atoms with van der Waals surface area (Å²) < 4.78 is 2.26. The van der Waals surface area contributed by atoms with Crippen molar-refractivity contribution in [2.75, 3.05) is 0 Å². The van der Waals surface area contributed by atoms with Crippen LogP contribution in [0.25, 0.3) is 60.8 Å². The summed E-state index contributed by atoms with van der Waals surface area (Å²) in [5, 5.41) is 13.7. The molecule has 0 bridgehead atoms. The predicted molar refractivity (Wildman–Crippen MR) is 184 cm³/mol. The minimum Gasteiger partial charge on any atom is -0.506 e. The Morgan fingerprint density at radius 2 is 1.39 bits per heavy atom. The summed E-state index contributed by atoms with van der Waals surface area (Å²) in [7, 11) is 0. The Labute approximate surface area is 282 Å². The Balaban J connectivity index is 0.00000338. The number of aromatic nitrogens is 3. The third-order valence-corrected chi connectivity index (χ3v) is 8.89. The van der Waals surface area contributed by atoms with E-state index in [1.54, 1.807) is 6.07 Å². The van der Waals surface area contributed by atoms with Crippen LogP contribution in [0.4, 0.5) is 0 Å². The van der Waals surface area contributed by atoms with E-state index >= 15 is 0 Å². The molecule has 1 N–H and O–H groups in total. The largest absolute Gasteiger partial charge is 0.506 e. The maximum Gasteiger partial charge on any atom is 0.144 e. The molecule has 5 aromatic carbocycles. The molecule has 226 valence electrons. The monoisotopic (exact) mass is 775 g/mol. The van der Waals surface area contributed by atoms with Crippen LogP contribution in [0.15, 0.2) is 140 Å². The van der Waals surface area contributed by atoms with Gasteiger partial charge in [-0.2, -0.15) is 18.2 Å². The van der Waals surface area contributed by atoms with Crippen LogP contribution in [-0.4, -0.2) is 19.6 Å². The van der Waals surface area contributed by atoms with Gasteiger partial charge in [-0.25, -0.2) is 9.97 Å². The van der Waals surface area contributed by atoms with Crippen LogP contribution in [-0.2, 0) is 26.5 Å². The van der Waals surface area contributed by atoms with Crippen LogP contribution in [0, 0.1) is 6.07 Å². The van der Waals surface area contributed by atoms with Crippen LogP contribution in [0.1, 0.15) is 25.1 Å². The number of nitrogens with zero attached hydrogens (tertiary/aromatic N) is 3. The number of phenols is 1. The van der Waals surface area contributed by atoms with Crippen LogP contribution in [0.3, 0.4) is 0 Å². The molecule has 0 saturated carbocycles. The van der Waals surface area contributed by atoms with Crippen molar-refractivity contribution in [1.29, 1.82) is 0 Å². The molecule has 0 aliphatic carbocycles. The van der Waals surface area contributed by atoms with Gasteiger partial charge in [0.25, 0.3) is 0 Å². The van der Waals surface area contributed by atoms with Gasteiger partial charge < -0.3 is 9.67 Å². The third-order valence-electron chi connectivity index (χ3n) is 8.89. The third kappa shape index (κ3) is 4.81. The van der Waals surface area contributed by atoms with Crippen molar-refractivity contribution in [3.63, 3.8) is 0 Å². The minimum atomic E-state index is -0.493. The van der Waals surface area contributed by atoms with Crippen molar-refractivity contribution in [3.05, 3.63) is 157 Å². The first kappa shape index (κ1) is 29.6. The van der Waals surface area contributed by atoms with E-state index < -0.39 is 5.41 Å². The fourth-order valence-corrected chi connectivity index (χ4v) is 6.46. The minimum absolute atomic E-state index is 0. The Kier molecular flexibility index (Phi) is 7.55. The van der Waals surface area contributed by atoms with Gasteiger partial charge in [0.2, 0.25) is 0 Å². The van der Waals surface area contributed by atoms with Gasteiger partial charge in [0.15, 0.2) is 0 Å². The van der Waals surface area contributed by atoms with E-state index in [0.717, 1.165) is 66.5 Å². The summed E-state index contributed by atoms with van der Waals surface area (Å²) in [6, 6.07) is 49.4. The molecule has 8 rings (SSSR count). The van der Waals surface area contributed by atoms with Crippen molar-refractivity contribution in [1.82, 2.24) is 14.5 Å². The molecular weight excluding hydrogens is 746 g/mol. The zero-order chi connectivity index (χ0) is 30.5. The van der Waals surface area contributed by atoms with Crippen LogP contribution >= 0.6 is 0 Å². The number of aromatic hydroxyl groups is 1. The number of pyridine rings is 2. The van der Waals surface area contributed by atoms with Crippen molar-refractivity contribution >= 4 is 32.7 Å². The molecule has 4 nitrogen and oxygen atoms in total. The molecule has 0 aliphatic heterocycles. The maximum absolute atomic E-state index is 10.6. The molecule has 0 saturated heterocycles. The SMILES string of the molecule is CC(C)(c1[c-]c2c(cc1)c1ccccc1n2-c1nccc(-c2ccccc2)c1-c1ccccc1)c1ccc2cccc(O)c2n1.[Pt]. The fraction of sp³-hybridized carbons (Fsp3) is 0.0732. The van der Waals surface area contributed by atoms with Crippen molar-refractivity contribution in [3.8, 4) is 33.8 Å². The Morgan fingerprint density at radius 3 is 2.17 bits per heavy atom. The van der Waals surface area contributed by atoms with E-state index in [1.807, 2.05) is 42.6 Å². The molecule has 0 fully saturated rings. The molecule has 8 aromatic rings. The van der Waals surface area contributed by atoms with Gasteiger partial charge in [0, 0.05) is 54.8 Å². The first-order valence-electron chi connectivity index (χ1n) is 15.2. The number of hydrogen-bond donors (Lipinski definition) is 1. The second-order valence-corrected chi connectivity index (χ2v) is 11.9. The Hall–Kier alpha value is -5.05. The van der Waals surface area contributed by atoms with E-state index in [9.17, 15) is 5.11 Å². The maximum atomic E-state index is 10.6. The van der Waals surface area contributed by atoms with Crippen LogP contribution < -0.4 is 0 Å². The summed E-state index contributed by atoms with van der Waals surface area (Å²) in [6.45, 7) is 4.32.